The van der Waals surface area contributed by atoms with E-state index in [1.807, 2.05) is 5.43 Å². The van der Waals surface area contributed by atoms with Crippen molar-refractivity contribution in [1.29, 1.82) is 0 Å². The third-order valence-electron chi connectivity index (χ3n) is 1.79. The van der Waals surface area contributed by atoms with Crippen LogP contribution in [0.25, 0.3) is 0 Å². The van der Waals surface area contributed by atoms with Gasteiger partial charge in [-0.15, -0.1) is 0 Å². The summed E-state index contributed by atoms with van der Waals surface area (Å²) < 4.78 is 4.99. The van der Waals surface area contributed by atoms with E-state index in [-0.39, 0.29) is 0 Å². The average molecular weight is 215 g/mol. The molecule has 0 aliphatic heterocycles. The number of hydrazine groups is 1. The van der Waals surface area contributed by atoms with Gasteiger partial charge in [0.25, 0.3) is 5.91 Å². The van der Waals surface area contributed by atoms with Gasteiger partial charge >= 0.3 is 0 Å². The van der Waals surface area contributed by atoms with Crippen LogP contribution in [0.2, 0.25) is 5.02 Å². The minimum Gasteiger partial charge on any atom is -0.367 e. The lowest BCUT2D eigenvalue weighted by Crippen LogP contribution is -2.35. The van der Waals surface area contributed by atoms with E-state index in [0.717, 1.165) is 0 Å². The number of ether oxygens (including phenoxy) is 1. The minimum atomic E-state index is -0.697. The molecule has 0 radical (unpaired) electrons. The monoisotopic (exact) mass is 214 g/mol. The largest absolute Gasteiger partial charge is 0.367 e. The molecule has 5 heteroatoms. The Labute approximate surface area is 87.0 Å². The van der Waals surface area contributed by atoms with E-state index in [0.29, 0.717) is 10.6 Å². The molecular formula is C9H11ClN2O2. The number of benzene rings is 1. The third kappa shape index (κ3) is 2.45. The van der Waals surface area contributed by atoms with Gasteiger partial charge in [-0.1, -0.05) is 23.7 Å². The van der Waals surface area contributed by atoms with Crippen LogP contribution in [0.1, 0.15) is 11.7 Å². The Hall–Kier alpha value is -1.10. The molecule has 3 N–H and O–H groups in total. The summed E-state index contributed by atoms with van der Waals surface area (Å²) in [5, 5.41) is 0.608. The van der Waals surface area contributed by atoms with Gasteiger partial charge in [0.05, 0.1) is 0 Å². The summed E-state index contributed by atoms with van der Waals surface area (Å²) in [6.07, 6.45) is -0.697. The Kier molecular flexibility index (Phi) is 3.88. The molecule has 4 nitrogen and oxygen atoms in total. The van der Waals surface area contributed by atoms with Crippen molar-refractivity contribution in [3.8, 4) is 0 Å². The molecule has 0 bridgehead atoms. The number of methoxy groups -OCH3 is 1. The average Bonchev–Trinajstić information content (AvgIpc) is 2.21. The molecule has 0 saturated heterocycles. The zero-order valence-electron chi connectivity index (χ0n) is 7.66. The molecule has 1 unspecified atom stereocenters. The predicted molar refractivity (Wildman–Crippen MR) is 53.5 cm³/mol. The molecule has 1 amide bonds. The number of hydrogen-bond acceptors (Lipinski definition) is 3. The van der Waals surface area contributed by atoms with E-state index in [1.165, 1.54) is 7.11 Å². The SMILES string of the molecule is COC(C(=O)NN)c1ccc(Cl)cc1. The summed E-state index contributed by atoms with van der Waals surface area (Å²) in [5.41, 5.74) is 2.74. The summed E-state index contributed by atoms with van der Waals surface area (Å²) in [4.78, 5) is 11.2. The van der Waals surface area contributed by atoms with Crippen LogP contribution in [-0.2, 0) is 9.53 Å². The summed E-state index contributed by atoms with van der Waals surface area (Å²) >= 11 is 5.71. The lowest BCUT2D eigenvalue weighted by atomic mass is 10.1. The zero-order valence-corrected chi connectivity index (χ0v) is 8.41. The number of hydrogen-bond donors (Lipinski definition) is 2. The Bertz CT molecular complexity index is 313. The molecule has 1 aromatic rings. The van der Waals surface area contributed by atoms with E-state index >= 15 is 0 Å². The molecular weight excluding hydrogens is 204 g/mol. The highest BCUT2D eigenvalue weighted by Crippen LogP contribution is 2.18. The summed E-state index contributed by atoms with van der Waals surface area (Å²) in [6, 6.07) is 6.80. The normalized spacial score (nSPS) is 12.2. The number of amides is 1. The lowest BCUT2D eigenvalue weighted by Gasteiger charge is -2.13. The molecule has 76 valence electrons. The van der Waals surface area contributed by atoms with Gasteiger partial charge in [-0.05, 0) is 17.7 Å². The summed E-state index contributed by atoms with van der Waals surface area (Å²) in [7, 11) is 1.44. The van der Waals surface area contributed by atoms with Gasteiger partial charge in [0.2, 0.25) is 0 Å². The van der Waals surface area contributed by atoms with Crippen molar-refractivity contribution in [3.63, 3.8) is 0 Å². The van der Waals surface area contributed by atoms with Gasteiger partial charge in [-0.2, -0.15) is 0 Å². The van der Waals surface area contributed by atoms with Crippen molar-refractivity contribution >= 4 is 17.5 Å². The number of nitrogens with one attached hydrogen (secondary N) is 1. The van der Waals surface area contributed by atoms with Crippen LogP contribution < -0.4 is 11.3 Å². The first kappa shape index (κ1) is 11.0. The minimum absolute atomic E-state index is 0.394. The van der Waals surface area contributed by atoms with Crippen LogP contribution in [0.3, 0.4) is 0 Å². The smallest absolute Gasteiger partial charge is 0.267 e. The van der Waals surface area contributed by atoms with Gasteiger partial charge in [0.1, 0.15) is 0 Å². The Morgan fingerprint density at radius 2 is 2.07 bits per heavy atom. The van der Waals surface area contributed by atoms with Crippen LogP contribution in [0, 0.1) is 0 Å². The van der Waals surface area contributed by atoms with Crippen molar-refractivity contribution in [2.75, 3.05) is 7.11 Å². The number of carbonyl (C=O) groups is 1. The fourth-order valence-corrected chi connectivity index (χ4v) is 1.23. The number of nitrogens with two attached hydrogens (primary N) is 1. The van der Waals surface area contributed by atoms with E-state index in [4.69, 9.17) is 22.2 Å². The number of carbonyl (C=O) groups excluding carboxylic acids is 1. The molecule has 0 aliphatic carbocycles. The third-order valence-corrected chi connectivity index (χ3v) is 2.04. The standard InChI is InChI=1S/C9H11ClN2O2/c1-14-8(9(13)12-11)6-2-4-7(10)5-3-6/h2-5,8H,11H2,1H3,(H,12,13). The molecule has 0 aliphatic rings. The van der Waals surface area contributed by atoms with Crippen LogP contribution in [0.15, 0.2) is 24.3 Å². The number of rotatable bonds is 3. The van der Waals surface area contributed by atoms with Crippen molar-refractivity contribution in [3.05, 3.63) is 34.9 Å². The van der Waals surface area contributed by atoms with Crippen LogP contribution in [-0.4, -0.2) is 13.0 Å². The maximum absolute atomic E-state index is 11.2. The maximum atomic E-state index is 11.2. The second-order valence-electron chi connectivity index (χ2n) is 2.68. The van der Waals surface area contributed by atoms with Crippen LogP contribution >= 0.6 is 11.6 Å². The molecule has 0 fully saturated rings. The van der Waals surface area contributed by atoms with Crippen molar-refractivity contribution in [2.24, 2.45) is 5.84 Å². The highest BCUT2D eigenvalue weighted by Gasteiger charge is 2.18. The lowest BCUT2D eigenvalue weighted by molar-refractivity contribution is -0.131. The zero-order chi connectivity index (χ0) is 10.6. The van der Waals surface area contributed by atoms with E-state index in [2.05, 4.69) is 0 Å². The van der Waals surface area contributed by atoms with Gasteiger partial charge in [0, 0.05) is 12.1 Å². The van der Waals surface area contributed by atoms with Crippen molar-refractivity contribution in [1.82, 2.24) is 5.43 Å². The molecule has 1 atom stereocenters. The summed E-state index contributed by atoms with van der Waals surface area (Å²) in [5.74, 6) is 4.62. The van der Waals surface area contributed by atoms with Crippen molar-refractivity contribution in [2.45, 2.75) is 6.10 Å². The molecule has 0 spiro atoms. The Morgan fingerprint density at radius 3 is 2.50 bits per heavy atom. The van der Waals surface area contributed by atoms with Gasteiger partial charge in [0.15, 0.2) is 6.10 Å². The molecule has 0 heterocycles. The van der Waals surface area contributed by atoms with Gasteiger partial charge in [-0.3, -0.25) is 10.2 Å². The van der Waals surface area contributed by atoms with Gasteiger partial charge < -0.3 is 4.74 Å². The highest BCUT2D eigenvalue weighted by molar-refractivity contribution is 6.30. The van der Waals surface area contributed by atoms with E-state index < -0.39 is 12.0 Å². The van der Waals surface area contributed by atoms with Crippen molar-refractivity contribution < 1.29 is 9.53 Å². The first-order valence-corrected chi connectivity index (χ1v) is 4.35. The first-order chi connectivity index (χ1) is 6.69. The van der Waals surface area contributed by atoms with E-state index in [1.54, 1.807) is 24.3 Å². The Balaban J connectivity index is 2.89. The highest BCUT2D eigenvalue weighted by atomic mass is 35.5. The molecule has 0 saturated carbocycles. The molecule has 1 aromatic carbocycles. The fourth-order valence-electron chi connectivity index (χ4n) is 1.11. The predicted octanol–water partition coefficient (Wildman–Crippen LogP) is 1.02. The fraction of sp³-hybridized carbons (Fsp3) is 0.222. The van der Waals surface area contributed by atoms with E-state index in [9.17, 15) is 4.79 Å². The molecule has 1 rings (SSSR count). The Morgan fingerprint density at radius 1 is 1.50 bits per heavy atom. The first-order valence-electron chi connectivity index (χ1n) is 3.97. The summed E-state index contributed by atoms with van der Waals surface area (Å²) in [6.45, 7) is 0. The quantitative estimate of drug-likeness (QED) is 0.449. The molecule has 14 heavy (non-hydrogen) atoms. The number of halogens is 1. The second-order valence-corrected chi connectivity index (χ2v) is 3.11. The maximum Gasteiger partial charge on any atom is 0.267 e. The van der Waals surface area contributed by atoms with Crippen LogP contribution in [0.4, 0.5) is 0 Å². The van der Waals surface area contributed by atoms with Crippen LogP contribution in [0.5, 0.6) is 0 Å². The topological polar surface area (TPSA) is 64.3 Å². The second kappa shape index (κ2) is 4.95. The molecule has 0 aromatic heterocycles. The van der Waals surface area contributed by atoms with Gasteiger partial charge in [-0.25, -0.2) is 5.84 Å².